The summed E-state index contributed by atoms with van der Waals surface area (Å²) in [6.45, 7) is -1.50. The monoisotopic (exact) mass is 355 g/mol. The third kappa shape index (κ3) is 5.30. The molecule has 0 saturated heterocycles. The highest BCUT2D eigenvalue weighted by Crippen LogP contribution is 2.27. The number of carbonyl (C=O) groups excluding carboxylic acids is 1. The van der Waals surface area contributed by atoms with Crippen LogP contribution in [0.2, 0.25) is 0 Å². The van der Waals surface area contributed by atoms with Gasteiger partial charge in [0, 0.05) is 5.69 Å². The fraction of sp³-hybridized carbons (Fsp3) is 0.235. The van der Waals surface area contributed by atoms with Crippen molar-refractivity contribution in [1.82, 2.24) is 0 Å². The van der Waals surface area contributed by atoms with Crippen molar-refractivity contribution in [2.75, 3.05) is 26.1 Å². The van der Waals surface area contributed by atoms with Crippen LogP contribution in [0.5, 0.6) is 17.2 Å². The van der Waals surface area contributed by atoms with Crippen LogP contribution in [0.4, 0.5) is 18.9 Å². The molecule has 0 fully saturated rings. The van der Waals surface area contributed by atoms with Gasteiger partial charge in [0.05, 0.1) is 19.8 Å². The van der Waals surface area contributed by atoms with Crippen molar-refractivity contribution >= 4 is 11.6 Å². The van der Waals surface area contributed by atoms with Gasteiger partial charge >= 0.3 is 6.18 Å². The minimum Gasteiger partial charge on any atom is -0.497 e. The van der Waals surface area contributed by atoms with E-state index in [4.69, 9.17) is 14.2 Å². The molecule has 134 valence electrons. The van der Waals surface area contributed by atoms with Gasteiger partial charge in [-0.1, -0.05) is 0 Å². The fourth-order valence-corrected chi connectivity index (χ4v) is 1.97. The summed E-state index contributed by atoms with van der Waals surface area (Å²) in [5.74, 6) is 0.109. The van der Waals surface area contributed by atoms with Crippen LogP contribution in [0, 0.1) is 0 Å². The van der Waals surface area contributed by atoms with Crippen molar-refractivity contribution in [3.63, 3.8) is 0 Å². The lowest BCUT2D eigenvalue weighted by Gasteiger charge is -2.14. The molecule has 2 aromatic rings. The van der Waals surface area contributed by atoms with Crippen molar-refractivity contribution in [3.8, 4) is 17.2 Å². The van der Waals surface area contributed by atoms with E-state index in [-0.39, 0.29) is 11.3 Å². The first kappa shape index (κ1) is 18.4. The molecule has 0 aliphatic carbocycles. The zero-order chi connectivity index (χ0) is 18.4. The Morgan fingerprint density at radius 2 is 1.60 bits per heavy atom. The molecule has 0 atom stereocenters. The summed E-state index contributed by atoms with van der Waals surface area (Å²) < 4.78 is 51.9. The van der Waals surface area contributed by atoms with E-state index in [1.165, 1.54) is 32.4 Å². The van der Waals surface area contributed by atoms with Crippen LogP contribution in [0.15, 0.2) is 42.5 Å². The third-order valence-electron chi connectivity index (χ3n) is 3.17. The van der Waals surface area contributed by atoms with Crippen molar-refractivity contribution in [2.45, 2.75) is 6.18 Å². The number of ether oxygens (including phenoxy) is 3. The van der Waals surface area contributed by atoms with Gasteiger partial charge in [-0.2, -0.15) is 13.2 Å². The summed E-state index contributed by atoms with van der Waals surface area (Å²) in [6.07, 6.45) is -4.51. The summed E-state index contributed by atoms with van der Waals surface area (Å²) in [7, 11) is 2.89. The zero-order valence-electron chi connectivity index (χ0n) is 13.5. The van der Waals surface area contributed by atoms with Gasteiger partial charge in [-0.05, 0) is 42.5 Å². The molecule has 0 aliphatic rings. The molecule has 2 rings (SSSR count). The number of anilines is 1. The number of benzene rings is 2. The Balaban J connectivity index is 2.22. The van der Waals surface area contributed by atoms with Crippen LogP contribution in [-0.2, 0) is 0 Å². The lowest BCUT2D eigenvalue weighted by molar-refractivity contribution is -0.153. The largest absolute Gasteiger partial charge is 0.497 e. The van der Waals surface area contributed by atoms with Crippen LogP contribution in [0.3, 0.4) is 0 Å². The van der Waals surface area contributed by atoms with Crippen LogP contribution in [0.25, 0.3) is 0 Å². The molecule has 0 aliphatic heterocycles. The highest BCUT2D eigenvalue weighted by molar-refractivity contribution is 6.06. The summed E-state index contributed by atoms with van der Waals surface area (Å²) in [6, 6.07) is 10.5. The number of carbonyl (C=O) groups is 1. The Kier molecular flexibility index (Phi) is 5.74. The normalized spacial score (nSPS) is 10.9. The first-order chi connectivity index (χ1) is 11.8. The number of hydrogen-bond donors (Lipinski definition) is 1. The van der Waals surface area contributed by atoms with Gasteiger partial charge in [-0.25, -0.2) is 0 Å². The van der Waals surface area contributed by atoms with Crippen LogP contribution >= 0.6 is 0 Å². The minimum absolute atomic E-state index is 0.0700. The predicted octanol–water partition coefficient (Wildman–Crippen LogP) is 3.90. The Bertz CT molecular complexity index is 730. The summed E-state index contributed by atoms with van der Waals surface area (Å²) in [4.78, 5) is 12.4. The molecule has 0 saturated carbocycles. The molecule has 2 aromatic carbocycles. The quantitative estimate of drug-likeness (QED) is 0.854. The highest BCUT2D eigenvalue weighted by Gasteiger charge is 2.29. The van der Waals surface area contributed by atoms with Gasteiger partial charge in [-0.3, -0.25) is 4.79 Å². The Hall–Kier alpha value is -2.90. The van der Waals surface area contributed by atoms with Crippen molar-refractivity contribution in [3.05, 3.63) is 48.0 Å². The first-order valence-electron chi connectivity index (χ1n) is 7.15. The molecule has 5 nitrogen and oxygen atoms in total. The zero-order valence-corrected chi connectivity index (χ0v) is 13.5. The molecule has 0 bridgehead atoms. The molecule has 0 aromatic heterocycles. The van der Waals surface area contributed by atoms with Crippen molar-refractivity contribution in [2.24, 2.45) is 0 Å². The first-order valence-corrected chi connectivity index (χ1v) is 7.15. The third-order valence-corrected chi connectivity index (χ3v) is 3.17. The molecular formula is C17H16F3NO4. The summed E-state index contributed by atoms with van der Waals surface area (Å²) in [5.41, 5.74) is 0.384. The smallest absolute Gasteiger partial charge is 0.422 e. The number of amides is 1. The van der Waals surface area contributed by atoms with E-state index in [0.29, 0.717) is 17.2 Å². The second-order valence-corrected chi connectivity index (χ2v) is 4.95. The van der Waals surface area contributed by atoms with Gasteiger partial charge in [0.25, 0.3) is 5.91 Å². The second-order valence-electron chi connectivity index (χ2n) is 4.95. The SMILES string of the molecule is COc1ccc(NC(=O)c2cc(OC)ccc2OCC(F)(F)F)cc1. The molecule has 25 heavy (non-hydrogen) atoms. The number of nitrogens with one attached hydrogen (secondary N) is 1. The fourth-order valence-electron chi connectivity index (χ4n) is 1.97. The second kappa shape index (κ2) is 7.78. The standard InChI is InChI=1S/C17H16F3NO4/c1-23-12-5-3-11(4-6-12)21-16(22)14-9-13(24-2)7-8-15(14)25-10-17(18,19)20/h3-9H,10H2,1-2H3,(H,21,22). The summed E-state index contributed by atoms with van der Waals surface area (Å²) in [5, 5.41) is 2.59. The number of hydrogen-bond acceptors (Lipinski definition) is 4. The lowest BCUT2D eigenvalue weighted by Crippen LogP contribution is -2.21. The maximum Gasteiger partial charge on any atom is 0.422 e. The van der Waals surface area contributed by atoms with E-state index in [9.17, 15) is 18.0 Å². The Morgan fingerprint density at radius 1 is 1.00 bits per heavy atom. The molecule has 1 amide bonds. The molecule has 1 N–H and O–H groups in total. The molecular weight excluding hydrogens is 339 g/mol. The van der Waals surface area contributed by atoms with E-state index < -0.39 is 18.7 Å². The van der Waals surface area contributed by atoms with Gasteiger partial charge < -0.3 is 19.5 Å². The van der Waals surface area contributed by atoms with Crippen LogP contribution in [0.1, 0.15) is 10.4 Å². The molecule has 8 heteroatoms. The summed E-state index contributed by atoms with van der Waals surface area (Å²) >= 11 is 0. The average molecular weight is 355 g/mol. The number of methoxy groups -OCH3 is 2. The Labute approximate surface area is 142 Å². The van der Waals surface area contributed by atoms with Gasteiger partial charge in [-0.15, -0.1) is 0 Å². The molecule has 0 spiro atoms. The van der Waals surface area contributed by atoms with Crippen LogP contribution < -0.4 is 19.5 Å². The number of halogens is 3. The molecule has 0 radical (unpaired) electrons. The van der Waals surface area contributed by atoms with Crippen molar-refractivity contribution in [1.29, 1.82) is 0 Å². The Morgan fingerprint density at radius 3 is 2.16 bits per heavy atom. The van der Waals surface area contributed by atoms with Crippen molar-refractivity contribution < 1.29 is 32.2 Å². The van der Waals surface area contributed by atoms with E-state index in [0.717, 1.165) is 0 Å². The predicted molar refractivity (Wildman–Crippen MR) is 85.5 cm³/mol. The van der Waals surface area contributed by atoms with E-state index in [1.54, 1.807) is 24.3 Å². The van der Waals surface area contributed by atoms with E-state index >= 15 is 0 Å². The van der Waals surface area contributed by atoms with E-state index in [1.807, 2.05) is 0 Å². The minimum atomic E-state index is -4.51. The van der Waals surface area contributed by atoms with Gasteiger partial charge in [0.1, 0.15) is 17.2 Å². The maximum absolute atomic E-state index is 12.4. The van der Waals surface area contributed by atoms with Gasteiger partial charge in [0.15, 0.2) is 6.61 Å². The topological polar surface area (TPSA) is 56.8 Å². The number of rotatable bonds is 6. The number of alkyl halides is 3. The van der Waals surface area contributed by atoms with E-state index in [2.05, 4.69) is 5.32 Å². The lowest BCUT2D eigenvalue weighted by atomic mass is 10.1. The molecule has 0 unspecified atom stereocenters. The maximum atomic E-state index is 12.4. The molecule has 0 heterocycles. The highest BCUT2D eigenvalue weighted by atomic mass is 19.4. The van der Waals surface area contributed by atoms with Gasteiger partial charge in [0.2, 0.25) is 0 Å². The average Bonchev–Trinajstić information content (AvgIpc) is 2.59. The van der Waals surface area contributed by atoms with Crippen LogP contribution in [-0.4, -0.2) is 32.9 Å².